The number of alkyl halides is 3. The molecule has 0 bridgehead atoms. The van der Waals surface area contributed by atoms with Gasteiger partial charge in [-0.15, -0.1) is 13.2 Å². The third kappa shape index (κ3) is 6.49. The van der Waals surface area contributed by atoms with Gasteiger partial charge >= 0.3 is 18.0 Å². The lowest BCUT2D eigenvalue weighted by atomic mass is 10.1. The van der Waals surface area contributed by atoms with Crippen LogP contribution in [0.2, 0.25) is 0 Å². The first-order chi connectivity index (χ1) is 13.6. The zero-order valence-electron chi connectivity index (χ0n) is 15.5. The first-order valence-electron chi connectivity index (χ1n) is 8.50. The minimum atomic E-state index is -4.84. The van der Waals surface area contributed by atoms with Crippen LogP contribution in [0.1, 0.15) is 38.5 Å². The summed E-state index contributed by atoms with van der Waals surface area (Å²) in [6, 6.07) is 0. The predicted octanol–water partition coefficient (Wildman–Crippen LogP) is 1.08. The Kier molecular flexibility index (Phi) is 7.22. The molecule has 2 heterocycles. The van der Waals surface area contributed by atoms with Crippen LogP contribution < -0.4 is 11.2 Å². The number of aromatic amines is 1. The standard InChI is InChI=1S/C17H18F3N3O6/c1-3-12-13(28-10(2)24)7-14(29-12)23-8-11(15(25)22-16(23)26)5-4-6-21-9-27-17(18,19)20/h8-9,12-14H,3,6-7H2,1-2H3,(H,22,25,26)/t12-,13?,14-/m1/s1. The average molecular weight is 417 g/mol. The quantitative estimate of drug-likeness (QED) is 0.332. The van der Waals surface area contributed by atoms with Crippen molar-refractivity contribution in [1.29, 1.82) is 0 Å². The number of ether oxygens (including phenoxy) is 3. The van der Waals surface area contributed by atoms with Crippen molar-refractivity contribution in [2.75, 3.05) is 6.54 Å². The van der Waals surface area contributed by atoms with Crippen molar-refractivity contribution in [2.24, 2.45) is 4.99 Å². The van der Waals surface area contributed by atoms with E-state index in [2.05, 4.69) is 26.6 Å². The molecule has 2 rings (SSSR count). The molecule has 1 aliphatic heterocycles. The van der Waals surface area contributed by atoms with Crippen LogP contribution in [0, 0.1) is 11.8 Å². The molecule has 1 aliphatic rings. The Balaban J connectivity index is 2.16. The Hall–Kier alpha value is -3.07. The molecule has 9 nitrogen and oxygen atoms in total. The van der Waals surface area contributed by atoms with E-state index in [9.17, 15) is 27.6 Å². The van der Waals surface area contributed by atoms with E-state index in [1.807, 2.05) is 6.92 Å². The number of rotatable bonds is 5. The predicted molar refractivity (Wildman–Crippen MR) is 93.1 cm³/mol. The van der Waals surface area contributed by atoms with E-state index in [0.717, 1.165) is 4.57 Å². The van der Waals surface area contributed by atoms with Crippen molar-refractivity contribution in [2.45, 2.75) is 51.5 Å². The molecule has 0 aromatic carbocycles. The van der Waals surface area contributed by atoms with Crippen molar-refractivity contribution in [3.63, 3.8) is 0 Å². The number of aromatic nitrogens is 2. The molecule has 1 saturated heterocycles. The second-order valence-electron chi connectivity index (χ2n) is 5.94. The van der Waals surface area contributed by atoms with Crippen LogP contribution in [0.25, 0.3) is 0 Å². The van der Waals surface area contributed by atoms with Crippen LogP contribution >= 0.6 is 0 Å². The maximum absolute atomic E-state index is 12.1. The summed E-state index contributed by atoms with van der Waals surface area (Å²) in [4.78, 5) is 40.6. The molecule has 0 radical (unpaired) electrons. The second kappa shape index (κ2) is 9.42. The van der Waals surface area contributed by atoms with Gasteiger partial charge in [-0.3, -0.25) is 19.1 Å². The van der Waals surface area contributed by atoms with Gasteiger partial charge in [0.25, 0.3) is 5.56 Å². The van der Waals surface area contributed by atoms with E-state index >= 15 is 0 Å². The van der Waals surface area contributed by atoms with E-state index in [4.69, 9.17) is 9.47 Å². The van der Waals surface area contributed by atoms with Crippen LogP contribution in [-0.4, -0.2) is 47.0 Å². The summed E-state index contributed by atoms with van der Waals surface area (Å²) in [6.45, 7) is 2.74. The van der Waals surface area contributed by atoms with Crippen LogP contribution in [0.3, 0.4) is 0 Å². The lowest BCUT2D eigenvalue weighted by molar-refractivity contribution is -0.280. The second-order valence-corrected chi connectivity index (χ2v) is 5.94. The van der Waals surface area contributed by atoms with Gasteiger partial charge in [-0.25, -0.2) is 9.79 Å². The zero-order chi connectivity index (χ0) is 21.6. The highest BCUT2D eigenvalue weighted by Gasteiger charge is 2.37. The number of carbonyl (C=O) groups is 1. The highest BCUT2D eigenvalue weighted by molar-refractivity contribution is 5.66. The summed E-state index contributed by atoms with van der Waals surface area (Å²) in [5.74, 6) is 4.33. The van der Waals surface area contributed by atoms with Crippen LogP contribution in [0.5, 0.6) is 0 Å². The Morgan fingerprint density at radius 2 is 2.21 bits per heavy atom. The Bertz CT molecular complexity index is 941. The van der Waals surface area contributed by atoms with Gasteiger partial charge in [0, 0.05) is 19.5 Å². The number of H-pyrrole nitrogens is 1. The molecule has 1 unspecified atom stereocenters. The molecule has 1 aromatic rings. The largest absolute Gasteiger partial charge is 0.573 e. The third-order valence-corrected chi connectivity index (χ3v) is 3.83. The smallest absolute Gasteiger partial charge is 0.460 e. The maximum atomic E-state index is 12.1. The van der Waals surface area contributed by atoms with E-state index < -0.39 is 42.0 Å². The van der Waals surface area contributed by atoms with Gasteiger partial charge in [0.05, 0.1) is 6.10 Å². The highest BCUT2D eigenvalue weighted by atomic mass is 19.4. The van der Waals surface area contributed by atoms with Crippen LogP contribution in [0.15, 0.2) is 20.8 Å². The normalized spacial score (nSPS) is 21.6. The fourth-order valence-electron chi connectivity index (χ4n) is 2.67. The summed E-state index contributed by atoms with van der Waals surface area (Å²) < 4.78 is 50.8. The van der Waals surface area contributed by atoms with Gasteiger partial charge in [0.1, 0.15) is 24.4 Å². The molecule has 1 aromatic heterocycles. The third-order valence-electron chi connectivity index (χ3n) is 3.83. The number of hydrogen-bond acceptors (Lipinski definition) is 7. The molecule has 0 spiro atoms. The molecule has 0 saturated carbocycles. The lowest BCUT2D eigenvalue weighted by Gasteiger charge is -2.16. The van der Waals surface area contributed by atoms with Gasteiger partial charge in [-0.05, 0) is 6.42 Å². The Labute approximate surface area is 162 Å². The summed E-state index contributed by atoms with van der Waals surface area (Å²) >= 11 is 0. The van der Waals surface area contributed by atoms with Crippen molar-refractivity contribution >= 4 is 12.4 Å². The first kappa shape index (κ1) is 22.2. The molecule has 1 N–H and O–H groups in total. The van der Waals surface area contributed by atoms with Gasteiger partial charge in [0.2, 0.25) is 0 Å². The number of hydrogen-bond donors (Lipinski definition) is 1. The SMILES string of the molecule is CC[C@H]1O[C@@H](n2cc(C#CCN=COC(F)(F)F)c(=O)[nH]c2=O)CC1OC(C)=O. The molecule has 29 heavy (non-hydrogen) atoms. The minimum Gasteiger partial charge on any atom is -0.460 e. The van der Waals surface area contributed by atoms with E-state index in [-0.39, 0.29) is 24.9 Å². The molecule has 0 amide bonds. The lowest BCUT2D eigenvalue weighted by Crippen LogP contribution is -2.33. The van der Waals surface area contributed by atoms with Gasteiger partial charge < -0.3 is 14.2 Å². The molecule has 12 heteroatoms. The number of esters is 1. The van der Waals surface area contributed by atoms with E-state index in [0.29, 0.717) is 6.42 Å². The minimum absolute atomic E-state index is 0.107. The van der Waals surface area contributed by atoms with Crippen molar-refractivity contribution < 1.29 is 32.2 Å². The van der Waals surface area contributed by atoms with Gasteiger partial charge in [-0.2, -0.15) is 0 Å². The van der Waals surface area contributed by atoms with Crippen molar-refractivity contribution in [1.82, 2.24) is 9.55 Å². The molecule has 3 atom stereocenters. The molecular formula is C17H18F3N3O6. The first-order valence-corrected chi connectivity index (χ1v) is 8.50. The van der Waals surface area contributed by atoms with Crippen molar-refractivity contribution in [3.05, 3.63) is 32.6 Å². The monoisotopic (exact) mass is 417 g/mol. The highest BCUT2D eigenvalue weighted by Crippen LogP contribution is 2.31. The van der Waals surface area contributed by atoms with Crippen LogP contribution in [-0.2, 0) is 19.0 Å². The number of nitrogens with one attached hydrogen (secondary N) is 1. The summed E-state index contributed by atoms with van der Waals surface area (Å²) in [6.07, 6.45) is -4.46. The topological polar surface area (TPSA) is 112 Å². The molecule has 0 aliphatic carbocycles. The number of nitrogens with zero attached hydrogens (tertiary/aromatic N) is 2. The summed E-state index contributed by atoms with van der Waals surface area (Å²) in [5.41, 5.74) is -1.61. The zero-order valence-corrected chi connectivity index (χ0v) is 15.5. The Morgan fingerprint density at radius 3 is 2.83 bits per heavy atom. The number of aliphatic imine (C=N–C) groups is 1. The van der Waals surface area contributed by atoms with Gasteiger partial charge in [-0.1, -0.05) is 18.8 Å². The average Bonchev–Trinajstić information content (AvgIpc) is 3.00. The maximum Gasteiger partial charge on any atom is 0.573 e. The molecule has 1 fully saturated rings. The summed E-state index contributed by atoms with van der Waals surface area (Å²) in [7, 11) is 0. The number of halogens is 3. The van der Waals surface area contributed by atoms with Crippen LogP contribution in [0.4, 0.5) is 13.2 Å². The molecular weight excluding hydrogens is 399 g/mol. The van der Waals surface area contributed by atoms with E-state index in [1.165, 1.54) is 13.1 Å². The van der Waals surface area contributed by atoms with E-state index in [1.54, 1.807) is 0 Å². The molecule has 158 valence electrons. The number of carbonyl (C=O) groups excluding carboxylic acids is 1. The summed E-state index contributed by atoms with van der Waals surface area (Å²) in [5, 5.41) is 0. The fourth-order valence-corrected chi connectivity index (χ4v) is 2.67. The van der Waals surface area contributed by atoms with Gasteiger partial charge in [0.15, 0.2) is 6.40 Å². The fraction of sp³-hybridized carbons (Fsp3) is 0.529. The Morgan fingerprint density at radius 1 is 1.48 bits per heavy atom. The van der Waals surface area contributed by atoms with Crippen molar-refractivity contribution in [3.8, 4) is 11.8 Å².